The van der Waals surface area contributed by atoms with Gasteiger partial charge in [-0.2, -0.15) is 0 Å². The molecule has 1 rings (SSSR count). The highest BCUT2D eigenvalue weighted by Gasteiger charge is 2.06. The van der Waals surface area contributed by atoms with Crippen molar-refractivity contribution in [1.82, 2.24) is 4.90 Å². The summed E-state index contributed by atoms with van der Waals surface area (Å²) in [5.41, 5.74) is 5.33. The van der Waals surface area contributed by atoms with E-state index < -0.39 is 0 Å². The number of hydrogen-bond acceptors (Lipinski definition) is 1. The minimum atomic E-state index is 0.952. The van der Waals surface area contributed by atoms with Crippen molar-refractivity contribution >= 4 is 0 Å². The summed E-state index contributed by atoms with van der Waals surface area (Å²) in [6.07, 6.45) is 7.21. The van der Waals surface area contributed by atoms with Gasteiger partial charge >= 0.3 is 0 Å². The number of likely N-dealkylation sites (N-methyl/N-ethyl adjacent to an activating group) is 1. The molecule has 1 aliphatic rings. The van der Waals surface area contributed by atoms with E-state index in [2.05, 4.69) is 35.4 Å². The van der Waals surface area contributed by atoms with E-state index in [1.54, 1.807) is 0 Å². The lowest BCUT2D eigenvalue weighted by Gasteiger charge is -2.19. The van der Waals surface area contributed by atoms with Gasteiger partial charge in [0.05, 0.1) is 0 Å². The fourth-order valence-corrected chi connectivity index (χ4v) is 1.13. The Bertz CT molecular complexity index is 250. The quantitative estimate of drug-likeness (QED) is 0.513. The number of rotatable bonds is 1. The van der Waals surface area contributed by atoms with E-state index in [1.165, 1.54) is 11.3 Å². The van der Waals surface area contributed by atoms with Crippen molar-refractivity contribution in [3.8, 4) is 0 Å². The first kappa shape index (κ1) is 7.90. The summed E-state index contributed by atoms with van der Waals surface area (Å²) in [6, 6.07) is 0. The fraction of sp³-hybridized carbons (Fsp3) is 0.300. The monoisotopic (exact) mass is 147 g/mol. The smallest absolute Gasteiger partial charge is 0.0474 e. The lowest BCUT2D eigenvalue weighted by molar-refractivity contribution is 0.518. The Morgan fingerprint density at radius 1 is 1.55 bits per heavy atom. The standard InChI is InChI=1S/C10H13N/c1-4-9-7-5-6-8-10(9)11(2)3/h5-6,8H,1,7H2,2-3H3. The molecular formula is C10H13N. The van der Waals surface area contributed by atoms with Crippen molar-refractivity contribution in [2.75, 3.05) is 14.1 Å². The molecule has 0 unspecified atom stereocenters. The zero-order chi connectivity index (χ0) is 8.27. The van der Waals surface area contributed by atoms with Crippen LogP contribution in [0.15, 0.2) is 41.8 Å². The molecule has 0 amide bonds. The van der Waals surface area contributed by atoms with E-state index >= 15 is 0 Å². The van der Waals surface area contributed by atoms with Gasteiger partial charge < -0.3 is 4.90 Å². The first-order valence-corrected chi connectivity index (χ1v) is 3.69. The summed E-state index contributed by atoms with van der Waals surface area (Å²) in [5.74, 6) is 0. The maximum atomic E-state index is 3.65. The Morgan fingerprint density at radius 2 is 2.27 bits per heavy atom. The molecule has 1 nitrogen and oxygen atoms in total. The number of hydrogen-bond donors (Lipinski definition) is 0. The highest BCUT2D eigenvalue weighted by molar-refractivity contribution is 5.36. The molecule has 0 saturated carbocycles. The van der Waals surface area contributed by atoms with Crippen LogP contribution in [-0.4, -0.2) is 19.0 Å². The van der Waals surface area contributed by atoms with Gasteiger partial charge in [-0.15, -0.1) is 5.73 Å². The summed E-state index contributed by atoms with van der Waals surface area (Å²) >= 11 is 0. The summed E-state index contributed by atoms with van der Waals surface area (Å²) in [6.45, 7) is 3.65. The Balaban J connectivity index is 2.97. The second-order valence-corrected chi connectivity index (χ2v) is 2.73. The van der Waals surface area contributed by atoms with Gasteiger partial charge in [-0.3, -0.25) is 0 Å². The molecule has 11 heavy (non-hydrogen) atoms. The van der Waals surface area contributed by atoms with Crippen LogP contribution < -0.4 is 0 Å². The largest absolute Gasteiger partial charge is 0.377 e. The van der Waals surface area contributed by atoms with Gasteiger partial charge in [-0.25, -0.2) is 0 Å². The first-order chi connectivity index (χ1) is 5.25. The zero-order valence-corrected chi connectivity index (χ0v) is 7.09. The normalized spacial score (nSPS) is 15.8. The van der Waals surface area contributed by atoms with E-state index in [4.69, 9.17) is 0 Å². The molecule has 0 spiro atoms. The van der Waals surface area contributed by atoms with Crippen LogP contribution in [-0.2, 0) is 0 Å². The van der Waals surface area contributed by atoms with Crippen LogP contribution in [0.2, 0.25) is 0 Å². The van der Waals surface area contributed by atoms with Crippen LogP contribution in [0.5, 0.6) is 0 Å². The second kappa shape index (κ2) is 3.27. The summed E-state index contributed by atoms with van der Waals surface area (Å²) in [5, 5.41) is 0. The number of nitrogens with zero attached hydrogens (tertiary/aromatic N) is 1. The Hall–Kier alpha value is -1.20. The lowest BCUT2D eigenvalue weighted by atomic mass is 10.0. The fourth-order valence-electron chi connectivity index (χ4n) is 1.13. The SMILES string of the molecule is C=C=C1CC=CC=C1N(C)C. The van der Waals surface area contributed by atoms with Crippen LogP contribution >= 0.6 is 0 Å². The van der Waals surface area contributed by atoms with Crippen molar-refractivity contribution in [3.05, 3.63) is 41.8 Å². The van der Waals surface area contributed by atoms with E-state index in [9.17, 15) is 0 Å². The van der Waals surface area contributed by atoms with Crippen LogP contribution in [0, 0.1) is 0 Å². The second-order valence-electron chi connectivity index (χ2n) is 2.73. The molecule has 0 aromatic heterocycles. The highest BCUT2D eigenvalue weighted by Crippen LogP contribution is 2.19. The molecule has 1 heteroatoms. The molecular weight excluding hydrogens is 134 g/mol. The molecule has 0 fully saturated rings. The topological polar surface area (TPSA) is 3.24 Å². The van der Waals surface area contributed by atoms with Gasteiger partial charge in [0.1, 0.15) is 0 Å². The molecule has 0 heterocycles. The maximum absolute atomic E-state index is 3.65. The van der Waals surface area contributed by atoms with Gasteiger partial charge in [0.15, 0.2) is 0 Å². The molecule has 1 aliphatic carbocycles. The molecule has 0 saturated heterocycles. The first-order valence-electron chi connectivity index (χ1n) is 3.69. The van der Waals surface area contributed by atoms with Crippen molar-refractivity contribution in [2.45, 2.75) is 6.42 Å². The van der Waals surface area contributed by atoms with Crippen LogP contribution in [0.3, 0.4) is 0 Å². The van der Waals surface area contributed by atoms with E-state index in [-0.39, 0.29) is 0 Å². The Kier molecular flexibility index (Phi) is 2.35. The van der Waals surface area contributed by atoms with Gasteiger partial charge in [0.2, 0.25) is 0 Å². The summed E-state index contributed by atoms with van der Waals surface area (Å²) in [4.78, 5) is 2.08. The third-order valence-corrected chi connectivity index (χ3v) is 1.72. The van der Waals surface area contributed by atoms with Crippen molar-refractivity contribution < 1.29 is 0 Å². The highest BCUT2D eigenvalue weighted by atomic mass is 15.1. The molecule has 0 N–H and O–H groups in total. The van der Waals surface area contributed by atoms with Crippen molar-refractivity contribution in [3.63, 3.8) is 0 Å². The third-order valence-electron chi connectivity index (χ3n) is 1.72. The van der Waals surface area contributed by atoms with Crippen LogP contribution in [0.1, 0.15) is 6.42 Å². The van der Waals surface area contributed by atoms with E-state index in [1.807, 2.05) is 14.1 Å². The minimum absolute atomic E-state index is 0.952. The third kappa shape index (κ3) is 1.63. The zero-order valence-electron chi connectivity index (χ0n) is 7.09. The van der Waals surface area contributed by atoms with Crippen molar-refractivity contribution in [2.24, 2.45) is 0 Å². The summed E-state index contributed by atoms with van der Waals surface area (Å²) < 4.78 is 0. The molecule has 0 aliphatic heterocycles. The molecule has 0 aromatic rings. The molecule has 0 aromatic carbocycles. The Labute approximate surface area is 68.0 Å². The Morgan fingerprint density at radius 3 is 2.73 bits per heavy atom. The van der Waals surface area contributed by atoms with Gasteiger partial charge in [-0.1, -0.05) is 18.7 Å². The molecule has 0 radical (unpaired) electrons. The van der Waals surface area contributed by atoms with E-state index in [0.29, 0.717) is 0 Å². The lowest BCUT2D eigenvalue weighted by Crippen LogP contribution is -2.13. The summed E-state index contributed by atoms with van der Waals surface area (Å²) in [7, 11) is 4.06. The maximum Gasteiger partial charge on any atom is 0.0474 e. The minimum Gasteiger partial charge on any atom is -0.377 e. The average Bonchev–Trinajstić information content (AvgIpc) is 2.04. The predicted octanol–water partition coefficient (Wildman–Crippen LogP) is 2.10. The van der Waals surface area contributed by atoms with Gasteiger partial charge in [0, 0.05) is 25.4 Å². The van der Waals surface area contributed by atoms with Gasteiger partial charge in [0.25, 0.3) is 0 Å². The average molecular weight is 147 g/mol. The molecule has 58 valence electrons. The number of allylic oxidation sites excluding steroid dienone is 4. The van der Waals surface area contributed by atoms with Crippen LogP contribution in [0.25, 0.3) is 0 Å². The predicted molar refractivity (Wildman–Crippen MR) is 48.2 cm³/mol. The molecule has 0 atom stereocenters. The van der Waals surface area contributed by atoms with Crippen LogP contribution in [0.4, 0.5) is 0 Å². The van der Waals surface area contributed by atoms with E-state index in [0.717, 1.165) is 6.42 Å². The molecule has 0 bridgehead atoms. The van der Waals surface area contributed by atoms with Gasteiger partial charge in [-0.05, 0) is 12.5 Å². The van der Waals surface area contributed by atoms with Crippen molar-refractivity contribution in [1.29, 1.82) is 0 Å².